The van der Waals surface area contributed by atoms with Gasteiger partial charge in [-0.1, -0.05) is 18.2 Å². The number of hydrogen-bond acceptors (Lipinski definition) is 3. The molecule has 0 fully saturated rings. The average molecular weight is 223 g/mol. The SMILES string of the molecule is C[C@H](O)[C@@H](NC(=O)c1ccccc1)C(=O)O. The zero-order valence-corrected chi connectivity index (χ0v) is 8.75. The molecule has 1 rings (SSSR count). The third-order valence-electron chi connectivity index (χ3n) is 2.07. The van der Waals surface area contributed by atoms with E-state index in [2.05, 4.69) is 5.32 Å². The number of nitrogens with one attached hydrogen (secondary N) is 1. The number of hydrogen-bond donors (Lipinski definition) is 3. The molecule has 0 aliphatic heterocycles. The van der Waals surface area contributed by atoms with Crippen molar-refractivity contribution in [1.29, 1.82) is 0 Å². The molecule has 0 saturated carbocycles. The van der Waals surface area contributed by atoms with Crippen LogP contribution in [0, 0.1) is 0 Å². The van der Waals surface area contributed by atoms with Gasteiger partial charge in [0.05, 0.1) is 6.10 Å². The molecule has 0 aliphatic rings. The Balaban J connectivity index is 2.74. The van der Waals surface area contributed by atoms with E-state index < -0.39 is 24.0 Å². The Morgan fingerprint density at radius 2 is 1.81 bits per heavy atom. The summed E-state index contributed by atoms with van der Waals surface area (Å²) in [6.07, 6.45) is -1.15. The van der Waals surface area contributed by atoms with Crippen LogP contribution in [0.15, 0.2) is 30.3 Å². The highest BCUT2D eigenvalue weighted by Gasteiger charge is 2.25. The fraction of sp³-hybridized carbons (Fsp3) is 0.273. The van der Waals surface area contributed by atoms with E-state index in [1.54, 1.807) is 30.3 Å². The predicted molar refractivity (Wildman–Crippen MR) is 57.0 cm³/mol. The van der Waals surface area contributed by atoms with Crippen molar-refractivity contribution in [3.8, 4) is 0 Å². The molecule has 0 spiro atoms. The molecular formula is C11H13NO4. The van der Waals surface area contributed by atoms with Gasteiger partial charge in [0.1, 0.15) is 0 Å². The van der Waals surface area contributed by atoms with Gasteiger partial charge in [0.15, 0.2) is 6.04 Å². The second kappa shape index (κ2) is 5.27. The third-order valence-corrected chi connectivity index (χ3v) is 2.07. The first-order valence-electron chi connectivity index (χ1n) is 4.79. The molecule has 0 bridgehead atoms. The molecule has 0 aromatic heterocycles. The minimum Gasteiger partial charge on any atom is -0.480 e. The van der Waals surface area contributed by atoms with Crippen LogP contribution < -0.4 is 5.32 Å². The molecule has 0 saturated heterocycles. The molecule has 0 unspecified atom stereocenters. The Morgan fingerprint density at radius 3 is 2.25 bits per heavy atom. The van der Waals surface area contributed by atoms with Gasteiger partial charge in [-0.2, -0.15) is 0 Å². The molecule has 0 radical (unpaired) electrons. The molecular weight excluding hydrogens is 210 g/mol. The maximum Gasteiger partial charge on any atom is 0.328 e. The van der Waals surface area contributed by atoms with Crippen LogP contribution in [0.25, 0.3) is 0 Å². The summed E-state index contributed by atoms with van der Waals surface area (Å²) in [5.41, 5.74) is 0.356. The number of aliphatic hydroxyl groups excluding tert-OH is 1. The van der Waals surface area contributed by atoms with E-state index in [1.165, 1.54) is 6.92 Å². The van der Waals surface area contributed by atoms with Crippen LogP contribution in [0.5, 0.6) is 0 Å². The molecule has 0 aliphatic carbocycles. The Kier molecular flexibility index (Phi) is 4.02. The minimum absolute atomic E-state index is 0.356. The van der Waals surface area contributed by atoms with E-state index in [1.807, 2.05) is 0 Å². The first-order chi connectivity index (χ1) is 7.52. The standard InChI is InChI=1S/C11H13NO4/c1-7(13)9(11(15)16)12-10(14)8-5-3-2-4-6-8/h2-7,9,13H,1H3,(H,12,14)(H,15,16)/t7-,9+/m0/s1. The Bertz CT molecular complexity index is 375. The summed E-state index contributed by atoms with van der Waals surface area (Å²) < 4.78 is 0. The van der Waals surface area contributed by atoms with Crippen molar-refractivity contribution in [2.75, 3.05) is 0 Å². The number of carboxylic acids is 1. The maximum absolute atomic E-state index is 11.6. The normalized spacial score (nSPS) is 13.9. The van der Waals surface area contributed by atoms with Gasteiger partial charge in [0.25, 0.3) is 5.91 Å². The fourth-order valence-electron chi connectivity index (χ4n) is 1.20. The largest absolute Gasteiger partial charge is 0.480 e. The molecule has 2 atom stereocenters. The molecule has 0 heterocycles. The topological polar surface area (TPSA) is 86.6 Å². The monoisotopic (exact) mass is 223 g/mol. The number of rotatable bonds is 4. The summed E-state index contributed by atoms with van der Waals surface area (Å²) in [7, 11) is 0. The summed E-state index contributed by atoms with van der Waals surface area (Å²) in [6.45, 7) is 1.31. The number of carboxylic acid groups (broad SMARTS) is 1. The summed E-state index contributed by atoms with van der Waals surface area (Å²) in [5, 5.41) is 20.2. The Hall–Kier alpha value is -1.88. The number of benzene rings is 1. The second-order valence-electron chi connectivity index (χ2n) is 3.40. The summed E-state index contributed by atoms with van der Waals surface area (Å²) in [6, 6.07) is 6.93. The quantitative estimate of drug-likeness (QED) is 0.683. The van der Waals surface area contributed by atoms with Crippen molar-refractivity contribution >= 4 is 11.9 Å². The van der Waals surface area contributed by atoms with Gasteiger partial charge < -0.3 is 15.5 Å². The van der Waals surface area contributed by atoms with Crippen LogP contribution in [0.4, 0.5) is 0 Å². The predicted octanol–water partition coefficient (Wildman–Crippen LogP) is 0.250. The van der Waals surface area contributed by atoms with Crippen LogP contribution >= 0.6 is 0 Å². The van der Waals surface area contributed by atoms with E-state index in [4.69, 9.17) is 5.11 Å². The number of carbonyl (C=O) groups excluding carboxylic acids is 1. The molecule has 5 nitrogen and oxygen atoms in total. The van der Waals surface area contributed by atoms with E-state index in [9.17, 15) is 14.7 Å². The van der Waals surface area contributed by atoms with Crippen molar-refractivity contribution < 1.29 is 19.8 Å². The van der Waals surface area contributed by atoms with Gasteiger partial charge in [-0.25, -0.2) is 4.79 Å². The van der Waals surface area contributed by atoms with E-state index in [-0.39, 0.29) is 0 Å². The molecule has 5 heteroatoms. The minimum atomic E-state index is -1.30. The number of carbonyl (C=O) groups is 2. The van der Waals surface area contributed by atoms with E-state index in [0.717, 1.165) is 0 Å². The molecule has 16 heavy (non-hydrogen) atoms. The summed E-state index contributed by atoms with van der Waals surface area (Å²) in [5.74, 6) is -1.78. The number of aliphatic carboxylic acids is 1. The van der Waals surface area contributed by atoms with Gasteiger partial charge in [0.2, 0.25) is 0 Å². The molecule has 1 aromatic rings. The van der Waals surface area contributed by atoms with Gasteiger partial charge in [0, 0.05) is 5.56 Å². The third kappa shape index (κ3) is 3.06. The van der Waals surface area contributed by atoms with Crippen LogP contribution in [-0.4, -0.2) is 34.2 Å². The smallest absolute Gasteiger partial charge is 0.328 e. The van der Waals surface area contributed by atoms with E-state index >= 15 is 0 Å². The van der Waals surface area contributed by atoms with Gasteiger partial charge >= 0.3 is 5.97 Å². The highest BCUT2D eigenvalue weighted by atomic mass is 16.4. The zero-order chi connectivity index (χ0) is 12.1. The van der Waals surface area contributed by atoms with Crippen LogP contribution in [-0.2, 0) is 4.79 Å². The van der Waals surface area contributed by atoms with Crippen molar-refractivity contribution in [3.05, 3.63) is 35.9 Å². The van der Waals surface area contributed by atoms with E-state index in [0.29, 0.717) is 5.56 Å². The average Bonchev–Trinajstić information content (AvgIpc) is 2.25. The van der Waals surface area contributed by atoms with Crippen LogP contribution in [0.1, 0.15) is 17.3 Å². The highest BCUT2D eigenvalue weighted by Crippen LogP contribution is 2.00. The molecule has 3 N–H and O–H groups in total. The molecule has 86 valence electrons. The zero-order valence-electron chi connectivity index (χ0n) is 8.75. The highest BCUT2D eigenvalue weighted by molar-refractivity contribution is 5.96. The lowest BCUT2D eigenvalue weighted by atomic mass is 10.1. The lowest BCUT2D eigenvalue weighted by Crippen LogP contribution is -2.47. The first kappa shape index (κ1) is 12.2. The van der Waals surface area contributed by atoms with Crippen molar-refractivity contribution in [3.63, 3.8) is 0 Å². The van der Waals surface area contributed by atoms with Crippen molar-refractivity contribution in [2.45, 2.75) is 19.1 Å². The van der Waals surface area contributed by atoms with Gasteiger partial charge in [-0.15, -0.1) is 0 Å². The number of aliphatic hydroxyl groups is 1. The van der Waals surface area contributed by atoms with Gasteiger partial charge in [-0.3, -0.25) is 4.79 Å². The lowest BCUT2D eigenvalue weighted by Gasteiger charge is -2.16. The van der Waals surface area contributed by atoms with Crippen LogP contribution in [0.2, 0.25) is 0 Å². The van der Waals surface area contributed by atoms with Crippen molar-refractivity contribution in [2.24, 2.45) is 0 Å². The maximum atomic E-state index is 11.6. The Morgan fingerprint density at radius 1 is 1.25 bits per heavy atom. The van der Waals surface area contributed by atoms with Gasteiger partial charge in [-0.05, 0) is 19.1 Å². The number of amides is 1. The second-order valence-corrected chi connectivity index (χ2v) is 3.40. The van der Waals surface area contributed by atoms with Crippen molar-refractivity contribution in [1.82, 2.24) is 5.32 Å². The molecule has 1 amide bonds. The lowest BCUT2D eigenvalue weighted by molar-refractivity contribution is -0.141. The first-order valence-corrected chi connectivity index (χ1v) is 4.79. The molecule has 1 aromatic carbocycles. The summed E-state index contributed by atoms with van der Waals surface area (Å²) >= 11 is 0. The summed E-state index contributed by atoms with van der Waals surface area (Å²) in [4.78, 5) is 22.3. The Labute approximate surface area is 92.7 Å². The fourth-order valence-corrected chi connectivity index (χ4v) is 1.20. The van der Waals surface area contributed by atoms with Crippen LogP contribution in [0.3, 0.4) is 0 Å².